The predicted octanol–water partition coefficient (Wildman–Crippen LogP) is 8.02. The Balaban J connectivity index is 0.000000200. The molecule has 0 saturated carbocycles. The maximum Gasteiger partial charge on any atom is 0.494 e. The SMILES string of the molecule is CC(C)n1c2ccccc2c2c[c-]c([N+]3=C=[N+](C)c4ccccc43)cc21.[Ir].[c-]1ccccc1-c1ccccn1. The largest absolute Gasteiger partial charge is 0.494 e. The van der Waals surface area contributed by atoms with Crippen LogP contribution < -0.4 is 4.58 Å². The smallest absolute Gasteiger partial charge is 0.362 e. The third-order valence-corrected chi connectivity index (χ3v) is 6.77. The van der Waals surface area contributed by atoms with E-state index in [0.717, 1.165) is 28.3 Å². The molecule has 4 nitrogen and oxygen atoms in total. The van der Waals surface area contributed by atoms with Crippen LogP contribution in [0.1, 0.15) is 19.9 Å². The first-order valence-corrected chi connectivity index (χ1v) is 12.8. The first-order chi connectivity index (χ1) is 18.6. The fourth-order valence-electron chi connectivity index (χ4n) is 5.06. The Hall–Kier alpha value is -4.14. The van der Waals surface area contributed by atoms with E-state index in [1.807, 2.05) is 54.1 Å². The van der Waals surface area contributed by atoms with Crippen LogP contribution in [0.4, 0.5) is 17.1 Å². The Bertz CT molecular complexity index is 1790. The Morgan fingerprint density at radius 2 is 1.54 bits per heavy atom. The molecular formula is C34H28IrN4. The summed E-state index contributed by atoms with van der Waals surface area (Å²) in [4.78, 5) is 4.22. The van der Waals surface area contributed by atoms with Gasteiger partial charge in [0, 0.05) is 50.0 Å². The number of pyridine rings is 1. The van der Waals surface area contributed by atoms with Crippen LogP contribution in [0, 0.1) is 12.1 Å². The number of fused-ring (bicyclic) bond motifs is 4. The van der Waals surface area contributed by atoms with Gasteiger partial charge in [0.15, 0.2) is 7.05 Å². The molecule has 0 unspecified atom stereocenters. The van der Waals surface area contributed by atoms with E-state index >= 15 is 0 Å². The molecule has 7 rings (SSSR count). The van der Waals surface area contributed by atoms with Crippen molar-refractivity contribution in [2.75, 3.05) is 7.05 Å². The second-order valence-electron chi connectivity index (χ2n) is 9.57. The summed E-state index contributed by atoms with van der Waals surface area (Å²) >= 11 is 0. The van der Waals surface area contributed by atoms with Crippen molar-refractivity contribution in [3.8, 4) is 11.3 Å². The van der Waals surface area contributed by atoms with Gasteiger partial charge in [-0.25, -0.2) is 0 Å². The number of para-hydroxylation sites is 3. The molecule has 2 aromatic heterocycles. The second-order valence-corrected chi connectivity index (χ2v) is 9.57. The van der Waals surface area contributed by atoms with E-state index in [1.54, 1.807) is 6.20 Å². The zero-order valence-corrected chi connectivity index (χ0v) is 24.5. The summed E-state index contributed by atoms with van der Waals surface area (Å²) in [5.74, 6) is 0. The molecule has 1 aliphatic heterocycles. The first kappa shape index (κ1) is 26.5. The summed E-state index contributed by atoms with van der Waals surface area (Å²) < 4.78 is 6.54. The predicted molar refractivity (Wildman–Crippen MR) is 156 cm³/mol. The van der Waals surface area contributed by atoms with Crippen LogP contribution in [0.2, 0.25) is 0 Å². The van der Waals surface area contributed by atoms with Crippen LogP contribution in [-0.2, 0) is 20.1 Å². The summed E-state index contributed by atoms with van der Waals surface area (Å²) in [7, 11) is 2.03. The minimum Gasteiger partial charge on any atom is -0.362 e. The molecule has 1 aliphatic rings. The van der Waals surface area contributed by atoms with Gasteiger partial charge in [0.05, 0.1) is 0 Å². The van der Waals surface area contributed by atoms with Crippen molar-refractivity contribution in [1.82, 2.24) is 14.1 Å². The molecule has 0 saturated heterocycles. The van der Waals surface area contributed by atoms with E-state index in [9.17, 15) is 0 Å². The summed E-state index contributed by atoms with van der Waals surface area (Å²) in [6.45, 7) is 4.47. The quantitative estimate of drug-likeness (QED) is 0.137. The number of rotatable bonds is 3. The number of benzene rings is 4. The summed E-state index contributed by atoms with van der Waals surface area (Å²) in [5.41, 5.74) is 7.83. The van der Waals surface area contributed by atoms with E-state index in [-0.39, 0.29) is 20.1 Å². The maximum absolute atomic E-state index is 4.22. The van der Waals surface area contributed by atoms with Crippen molar-refractivity contribution >= 4 is 44.9 Å². The van der Waals surface area contributed by atoms with Gasteiger partial charge in [-0.2, -0.15) is 6.07 Å². The van der Waals surface area contributed by atoms with Crippen molar-refractivity contribution in [3.05, 3.63) is 121 Å². The molecular weight excluding hydrogens is 657 g/mol. The zero-order chi connectivity index (χ0) is 26.1. The van der Waals surface area contributed by atoms with Crippen LogP contribution in [0.25, 0.3) is 33.1 Å². The van der Waals surface area contributed by atoms with Gasteiger partial charge in [-0.05, 0) is 37.1 Å². The number of hydrogen-bond donors (Lipinski definition) is 0. The second kappa shape index (κ2) is 11.3. The molecule has 0 atom stereocenters. The van der Waals surface area contributed by atoms with E-state index in [1.165, 1.54) is 21.8 Å². The molecule has 0 amide bonds. The van der Waals surface area contributed by atoms with Gasteiger partial charge >= 0.3 is 6.01 Å². The van der Waals surface area contributed by atoms with Crippen molar-refractivity contribution < 1.29 is 24.7 Å². The molecule has 6 aromatic rings. The topological polar surface area (TPSA) is 23.8 Å². The van der Waals surface area contributed by atoms with Crippen LogP contribution in [0.3, 0.4) is 0 Å². The zero-order valence-electron chi connectivity index (χ0n) is 22.1. The monoisotopic (exact) mass is 685 g/mol. The number of hydrogen-bond acceptors (Lipinski definition) is 1. The van der Waals surface area contributed by atoms with Crippen molar-refractivity contribution in [1.29, 1.82) is 0 Å². The molecule has 0 aliphatic carbocycles. The standard InChI is InChI=1S/C23H20N3.C11H8N.Ir/c1-16(2)26-20-9-5-4-8-18(20)19-13-12-17(14-23(19)26)25-15-24(3)21-10-6-7-11-22(21)25;1-2-6-10(7-3-1)11-8-4-5-9-12-11;/h4-11,13-14,16H,1-3H3;1-6,8-9H;/q+1;-1;. The molecule has 193 valence electrons. The average Bonchev–Trinajstić information content (AvgIpc) is 3.49. The van der Waals surface area contributed by atoms with E-state index in [4.69, 9.17) is 0 Å². The Morgan fingerprint density at radius 3 is 2.28 bits per heavy atom. The molecule has 1 radical (unpaired) electrons. The number of nitrogens with zero attached hydrogens (tertiary/aromatic N) is 4. The fraction of sp³-hybridized carbons (Fsp3) is 0.118. The Kier molecular flexibility index (Phi) is 7.67. The third kappa shape index (κ3) is 5.01. The van der Waals surface area contributed by atoms with Gasteiger partial charge in [-0.3, -0.25) is 0 Å². The molecule has 4 aromatic carbocycles. The average molecular weight is 685 g/mol. The van der Waals surface area contributed by atoms with Crippen molar-refractivity contribution in [3.63, 3.8) is 0 Å². The molecule has 0 N–H and O–H groups in total. The normalized spacial score (nSPS) is 11.9. The Labute approximate surface area is 242 Å². The van der Waals surface area contributed by atoms with Gasteiger partial charge in [-0.15, -0.1) is 47.3 Å². The molecule has 3 heterocycles. The molecule has 0 bridgehead atoms. The summed E-state index contributed by atoms with van der Waals surface area (Å²) in [5, 5.41) is 2.53. The minimum atomic E-state index is 0. The van der Waals surface area contributed by atoms with E-state index in [2.05, 4.69) is 107 Å². The molecule has 39 heavy (non-hydrogen) atoms. The maximum atomic E-state index is 4.22. The van der Waals surface area contributed by atoms with Gasteiger partial charge in [0.2, 0.25) is 0 Å². The van der Waals surface area contributed by atoms with Crippen LogP contribution in [0.5, 0.6) is 0 Å². The first-order valence-electron chi connectivity index (χ1n) is 12.8. The van der Waals surface area contributed by atoms with Crippen molar-refractivity contribution in [2.24, 2.45) is 0 Å². The molecule has 0 spiro atoms. The van der Waals surface area contributed by atoms with Crippen LogP contribution >= 0.6 is 0 Å². The summed E-state index contributed by atoms with van der Waals surface area (Å²) in [6.07, 6.45) is 1.79. The van der Waals surface area contributed by atoms with Crippen LogP contribution in [0.15, 0.2) is 109 Å². The number of aromatic nitrogens is 2. The van der Waals surface area contributed by atoms with Gasteiger partial charge in [0.1, 0.15) is 5.69 Å². The molecule has 5 heteroatoms. The van der Waals surface area contributed by atoms with E-state index in [0.29, 0.717) is 6.04 Å². The molecule has 0 fully saturated rings. The van der Waals surface area contributed by atoms with Gasteiger partial charge in [0.25, 0.3) is 11.4 Å². The van der Waals surface area contributed by atoms with Gasteiger partial charge in [-0.1, -0.05) is 63.2 Å². The van der Waals surface area contributed by atoms with E-state index < -0.39 is 0 Å². The third-order valence-electron chi connectivity index (χ3n) is 6.77. The minimum absolute atomic E-state index is 0. The Morgan fingerprint density at radius 1 is 0.795 bits per heavy atom. The fourth-order valence-corrected chi connectivity index (χ4v) is 5.06. The van der Waals surface area contributed by atoms with Gasteiger partial charge < -0.3 is 9.55 Å². The van der Waals surface area contributed by atoms with Crippen molar-refractivity contribution in [2.45, 2.75) is 19.9 Å². The summed E-state index contributed by atoms with van der Waals surface area (Å²) in [6, 6.07) is 45.4. The van der Waals surface area contributed by atoms with Crippen LogP contribution in [-0.4, -0.2) is 27.2 Å².